The van der Waals surface area contributed by atoms with Crippen LogP contribution in [0.15, 0.2) is 12.1 Å². The van der Waals surface area contributed by atoms with Crippen molar-refractivity contribution in [1.29, 1.82) is 0 Å². The minimum atomic E-state index is 0.125. The van der Waals surface area contributed by atoms with E-state index in [9.17, 15) is 5.11 Å². The summed E-state index contributed by atoms with van der Waals surface area (Å²) in [6.45, 7) is 7.89. The molecule has 0 saturated heterocycles. The molecule has 100 valence electrons. The van der Waals surface area contributed by atoms with Gasteiger partial charge in [0.15, 0.2) is 11.5 Å². The van der Waals surface area contributed by atoms with Gasteiger partial charge >= 0.3 is 0 Å². The number of benzene rings is 1. The van der Waals surface area contributed by atoms with Crippen LogP contribution in [-0.2, 0) is 0 Å². The second-order valence-corrected chi connectivity index (χ2v) is 5.18. The molecule has 0 saturated carbocycles. The van der Waals surface area contributed by atoms with Crippen molar-refractivity contribution in [3.05, 3.63) is 23.3 Å². The predicted octanol–water partition coefficient (Wildman–Crippen LogP) is 3.07. The lowest BCUT2D eigenvalue weighted by atomic mass is 9.89. The van der Waals surface area contributed by atoms with Crippen molar-refractivity contribution in [3.63, 3.8) is 0 Å². The summed E-state index contributed by atoms with van der Waals surface area (Å²) in [5.41, 5.74) is 2.34. The monoisotopic (exact) mass is 250 g/mol. The van der Waals surface area contributed by atoms with Crippen LogP contribution in [0.1, 0.15) is 50.2 Å². The maximum atomic E-state index is 9.38. The molecule has 1 aliphatic heterocycles. The standard InChI is InChI=1S/C15H22O3/c1-10(2)14-12(11(3)9-16)5-6-13-15(14)18-8-4-7-17-13/h5-6,10-11,16H,4,7-9H2,1-3H3. The Kier molecular flexibility index (Phi) is 4.12. The van der Waals surface area contributed by atoms with Crippen molar-refractivity contribution < 1.29 is 14.6 Å². The number of ether oxygens (including phenoxy) is 2. The molecule has 3 nitrogen and oxygen atoms in total. The van der Waals surface area contributed by atoms with Gasteiger partial charge in [0.05, 0.1) is 13.2 Å². The second-order valence-electron chi connectivity index (χ2n) is 5.18. The average Bonchev–Trinajstić information content (AvgIpc) is 2.61. The summed E-state index contributed by atoms with van der Waals surface area (Å²) in [5.74, 6) is 2.19. The third-order valence-electron chi connectivity index (χ3n) is 3.37. The van der Waals surface area contributed by atoms with Crippen LogP contribution in [0.25, 0.3) is 0 Å². The molecule has 0 spiro atoms. The zero-order chi connectivity index (χ0) is 13.1. The van der Waals surface area contributed by atoms with Gasteiger partial charge < -0.3 is 14.6 Å². The van der Waals surface area contributed by atoms with Gasteiger partial charge in [0.1, 0.15) is 0 Å². The molecule has 0 aromatic heterocycles. The molecule has 0 bridgehead atoms. The van der Waals surface area contributed by atoms with Crippen LogP contribution in [0.3, 0.4) is 0 Å². The molecule has 3 heteroatoms. The highest BCUT2D eigenvalue weighted by atomic mass is 16.5. The minimum absolute atomic E-state index is 0.125. The van der Waals surface area contributed by atoms with Crippen molar-refractivity contribution in [2.45, 2.75) is 39.0 Å². The molecule has 1 unspecified atom stereocenters. The van der Waals surface area contributed by atoms with Crippen LogP contribution in [0, 0.1) is 0 Å². The Morgan fingerprint density at radius 1 is 1.17 bits per heavy atom. The SMILES string of the molecule is CC(C)c1c(C(C)CO)ccc2c1OCCCO2. The van der Waals surface area contributed by atoms with E-state index in [-0.39, 0.29) is 12.5 Å². The lowest BCUT2D eigenvalue weighted by Crippen LogP contribution is -2.08. The maximum absolute atomic E-state index is 9.38. The zero-order valence-electron chi connectivity index (χ0n) is 11.4. The first-order chi connectivity index (χ1) is 8.65. The number of fused-ring (bicyclic) bond motifs is 1. The zero-order valence-corrected chi connectivity index (χ0v) is 11.4. The van der Waals surface area contributed by atoms with Crippen LogP contribution in [0.4, 0.5) is 0 Å². The first kappa shape index (κ1) is 13.2. The molecular formula is C15H22O3. The lowest BCUT2D eigenvalue weighted by Gasteiger charge is -2.22. The summed E-state index contributed by atoms with van der Waals surface area (Å²) in [6, 6.07) is 4.03. The summed E-state index contributed by atoms with van der Waals surface area (Å²) in [7, 11) is 0. The molecule has 1 N–H and O–H groups in total. The Morgan fingerprint density at radius 3 is 2.56 bits per heavy atom. The van der Waals surface area contributed by atoms with Gasteiger partial charge in [-0.1, -0.05) is 26.8 Å². The van der Waals surface area contributed by atoms with E-state index in [1.54, 1.807) is 0 Å². The van der Waals surface area contributed by atoms with Gasteiger partial charge in [-0.3, -0.25) is 0 Å². The molecule has 1 aliphatic rings. The number of aliphatic hydroxyl groups excluding tert-OH is 1. The van der Waals surface area contributed by atoms with E-state index >= 15 is 0 Å². The van der Waals surface area contributed by atoms with Gasteiger partial charge in [-0.2, -0.15) is 0 Å². The number of hydrogen-bond acceptors (Lipinski definition) is 3. The lowest BCUT2D eigenvalue weighted by molar-refractivity contribution is 0.271. The molecule has 1 heterocycles. The minimum Gasteiger partial charge on any atom is -0.490 e. The van der Waals surface area contributed by atoms with E-state index in [4.69, 9.17) is 9.47 Å². The topological polar surface area (TPSA) is 38.7 Å². The average molecular weight is 250 g/mol. The van der Waals surface area contributed by atoms with Crippen molar-refractivity contribution in [1.82, 2.24) is 0 Å². The van der Waals surface area contributed by atoms with Gasteiger partial charge in [-0.15, -0.1) is 0 Å². The maximum Gasteiger partial charge on any atom is 0.164 e. The number of aliphatic hydroxyl groups is 1. The Labute approximate surface area is 109 Å². The van der Waals surface area contributed by atoms with E-state index in [0.717, 1.165) is 23.5 Å². The summed E-state index contributed by atoms with van der Waals surface area (Å²) in [5, 5.41) is 9.38. The molecule has 1 atom stereocenters. The second kappa shape index (κ2) is 5.61. The fourth-order valence-electron chi connectivity index (χ4n) is 2.40. The molecule has 1 aromatic rings. The van der Waals surface area contributed by atoms with E-state index in [1.807, 2.05) is 13.0 Å². The van der Waals surface area contributed by atoms with Gasteiger partial charge in [0.25, 0.3) is 0 Å². The van der Waals surface area contributed by atoms with E-state index in [0.29, 0.717) is 19.1 Å². The first-order valence-electron chi connectivity index (χ1n) is 6.68. The van der Waals surface area contributed by atoms with Crippen molar-refractivity contribution in [2.75, 3.05) is 19.8 Å². The van der Waals surface area contributed by atoms with Gasteiger partial charge in [0, 0.05) is 24.5 Å². The van der Waals surface area contributed by atoms with Gasteiger partial charge in [-0.25, -0.2) is 0 Å². The van der Waals surface area contributed by atoms with Crippen LogP contribution < -0.4 is 9.47 Å². The first-order valence-corrected chi connectivity index (χ1v) is 6.68. The smallest absolute Gasteiger partial charge is 0.164 e. The van der Waals surface area contributed by atoms with Crippen molar-refractivity contribution >= 4 is 0 Å². The molecule has 0 aliphatic carbocycles. The quantitative estimate of drug-likeness (QED) is 0.896. The third kappa shape index (κ3) is 2.46. The molecule has 0 amide bonds. The largest absolute Gasteiger partial charge is 0.490 e. The number of rotatable bonds is 3. The summed E-state index contributed by atoms with van der Waals surface area (Å²) < 4.78 is 11.6. The highest BCUT2D eigenvalue weighted by molar-refractivity contribution is 5.53. The molecule has 0 fully saturated rings. The number of hydrogen-bond donors (Lipinski definition) is 1. The predicted molar refractivity (Wildman–Crippen MR) is 71.6 cm³/mol. The van der Waals surface area contributed by atoms with E-state index in [2.05, 4.69) is 19.9 Å². The van der Waals surface area contributed by atoms with Crippen molar-refractivity contribution in [2.24, 2.45) is 0 Å². The van der Waals surface area contributed by atoms with Gasteiger partial charge in [0.2, 0.25) is 0 Å². The fourth-order valence-corrected chi connectivity index (χ4v) is 2.40. The third-order valence-corrected chi connectivity index (χ3v) is 3.37. The highest BCUT2D eigenvalue weighted by Gasteiger charge is 2.22. The normalized spacial score (nSPS) is 16.5. The molecule has 18 heavy (non-hydrogen) atoms. The molecule has 2 rings (SSSR count). The van der Waals surface area contributed by atoms with E-state index < -0.39 is 0 Å². The molecule has 0 radical (unpaired) electrons. The summed E-state index contributed by atoms with van der Waals surface area (Å²) >= 11 is 0. The van der Waals surface area contributed by atoms with Crippen molar-refractivity contribution in [3.8, 4) is 11.5 Å². The Bertz CT molecular complexity index is 412. The summed E-state index contributed by atoms with van der Waals surface area (Å²) in [6.07, 6.45) is 0.914. The Morgan fingerprint density at radius 2 is 1.89 bits per heavy atom. The Balaban J connectivity index is 2.53. The molecule has 1 aromatic carbocycles. The fraction of sp³-hybridized carbons (Fsp3) is 0.600. The Hall–Kier alpha value is -1.22. The van der Waals surface area contributed by atoms with Crippen LogP contribution >= 0.6 is 0 Å². The highest BCUT2D eigenvalue weighted by Crippen LogP contribution is 2.41. The van der Waals surface area contributed by atoms with E-state index in [1.165, 1.54) is 5.56 Å². The van der Waals surface area contributed by atoms with Crippen LogP contribution in [-0.4, -0.2) is 24.9 Å². The summed E-state index contributed by atoms with van der Waals surface area (Å²) in [4.78, 5) is 0. The van der Waals surface area contributed by atoms with Crippen LogP contribution in [0.2, 0.25) is 0 Å². The molecular weight excluding hydrogens is 228 g/mol. The van der Waals surface area contributed by atoms with Crippen LogP contribution in [0.5, 0.6) is 11.5 Å². The van der Waals surface area contributed by atoms with Gasteiger partial charge in [-0.05, 0) is 17.5 Å².